The minimum atomic E-state index is 0. The number of piperidine rings is 1. The highest BCUT2D eigenvalue weighted by Gasteiger charge is 2.28. The first kappa shape index (κ1) is 19.3. The number of amides is 1. The lowest BCUT2D eigenvalue weighted by Gasteiger charge is -2.34. The molecular formula is C20H31ClN2O. The van der Waals surface area contributed by atoms with Crippen molar-refractivity contribution in [3.8, 4) is 0 Å². The Morgan fingerprint density at radius 2 is 1.88 bits per heavy atom. The lowest BCUT2D eigenvalue weighted by atomic mass is 9.83. The van der Waals surface area contributed by atoms with Crippen molar-refractivity contribution in [3.05, 3.63) is 35.4 Å². The number of fused-ring (bicyclic) bond motifs is 1. The van der Waals surface area contributed by atoms with E-state index in [1.165, 1.54) is 24.0 Å². The topological polar surface area (TPSA) is 32.3 Å². The quantitative estimate of drug-likeness (QED) is 0.902. The Morgan fingerprint density at radius 3 is 2.58 bits per heavy atom. The summed E-state index contributed by atoms with van der Waals surface area (Å²) in [5.74, 6) is 1.55. The van der Waals surface area contributed by atoms with Crippen molar-refractivity contribution in [2.24, 2.45) is 11.8 Å². The van der Waals surface area contributed by atoms with E-state index in [2.05, 4.69) is 36.5 Å². The number of rotatable bonds is 4. The Labute approximate surface area is 152 Å². The molecule has 1 N–H and O–H groups in total. The van der Waals surface area contributed by atoms with Crippen molar-refractivity contribution in [1.29, 1.82) is 0 Å². The van der Waals surface area contributed by atoms with Crippen LogP contribution in [-0.2, 0) is 17.6 Å². The van der Waals surface area contributed by atoms with Crippen LogP contribution >= 0.6 is 12.4 Å². The fourth-order valence-electron chi connectivity index (χ4n) is 4.21. The molecule has 1 aromatic carbocycles. The third-order valence-electron chi connectivity index (χ3n) is 5.95. The predicted molar refractivity (Wildman–Crippen MR) is 102 cm³/mol. The first-order valence-corrected chi connectivity index (χ1v) is 9.18. The van der Waals surface area contributed by atoms with Gasteiger partial charge in [-0.2, -0.15) is 0 Å². The van der Waals surface area contributed by atoms with Crippen molar-refractivity contribution < 1.29 is 4.79 Å². The monoisotopic (exact) mass is 350 g/mol. The first-order chi connectivity index (χ1) is 11.1. The minimum Gasteiger partial charge on any atom is -0.342 e. The average Bonchev–Trinajstić information content (AvgIpc) is 2.61. The largest absolute Gasteiger partial charge is 0.342 e. The van der Waals surface area contributed by atoms with Gasteiger partial charge in [-0.1, -0.05) is 31.2 Å². The van der Waals surface area contributed by atoms with E-state index in [1.54, 1.807) is 0 Å². The van der Waals surface area contributed by atoms with Gasteiger partial charge in [0.15, 0.2) is 0 Å². The number of halogens is 1. The number of hydrogen-bond donors (Lipinski definition) is 1. The Morgan fingerprint density at radius 1 is 1.21 bits per heavy atom. The molecule has 0 bridgehead atoms. The summed E-state index contributed by atoms with van der Waals surface area (Å²) in [6, 6.07) is 9.05. The van der Waals surface area contributed by atoms with E-state index >= 15 is 0 Å². The van der Waals surface area contributed by atoms with Crippen LogP contribution in [0.2, 0.25) is 0 Å². The van der Waals surface area contributed by atoms with Gasteiger partial charge in [-0.25, -0.2) is 0 Å². The van der Waals surface area contributed by atoms with Gasteiger partial charge in [-0.3, -0.25) is 4.79 Å². The molecule has 0 radical (unpaired) electrons. The zero-order valence-electron chi connectivity index (χ0n) is 15.0. The van der Waals surface area contributed by atoms with Crippen molar-refractivity contribution in [2.75, 3.05) is 20.1 Å². The van der Waals surface area contributed by atoms with Crippen LogP contribution in [-0.4, -0.2) is 37.0 Å². The van der Waals surface area contributed by atoms with E-state index in [0.717, 1.165) is 32.4 Å². The number of benzene rings is 1. The second kappa shape index (κ2) is 8.87. The summed E-state index contributed by atoms with van der Waals surface area (Å²) >= 11 is 0. The van der Waals surface area contributed by atoms with E-state index < -0.39 is 0 Å². The van der Waals surface area contributed by atoms with Gasteiger partial charge in [0.1, 0.15) is 0 Å². The summed E-state index contributed by atoms with van der Waals surface area (Å²) in [7, 11) is 2.01. The molecule has 4 heteroatoms. The van der Waals surface area contributed by atoms with E-state index in [9.17, 15) is 4.79 Å². The van der Waals surface area contributed by atoms with Crippen molar-refractivity contribution >= 4 is 18.3 Å². The number of nitrogens with one attached hydrogen (secondary N) is 1. The zero-order valence-corrected chi connectivity index (χ0v) is 15.8. The molecule has 1 amide bonds. The van der Waals surface area contributed by atoms with Gasteiger partial charge in [0.2, 0.25) is 5.91 Å². The molecule has 3 nitrogen and oxygen atoms in total. The van der Waals surface area contributed by atoms with Crippen LogP contribution in [0.15, 0.2) is 24.3 Å². The number of likely N-dealkylation sites (N-methyl/N-ethyl adjacent to an activating group) is 1. The maximum Gasteiger partial charge on any atom is 0.222 e. The van der Waals surface area contributed by atoms with Crippen LogP contribution in [0.3, 0.4) is 0 Å². The highest BCUT2D eigenvalue weighted by Crippen LogP contribution is 2.27. The molecule has 1 fully saturated rings. The van der Waals surface area contributed by atoms with E-state index in [-0.39, 0.29) is 12.4 Å². The lowest BCUT2D eigenvalue weighted by molar-refractivity contribution is -0.133. The molecule has 0 spiro atoms. The van der Waals surface area contributed by atoms with Crippen LogP contribution < -0.4 is 5.32 Å². The van der Waals surface area contributed by atoms with Gasteiger partial charge in [0.05, 0.1) is 0 Å². The molecule has 24 heavy (non-hydrogen) atoms. The average molecular weight is 351 g/mol. The Bertz CT molecular complexity index is 542. The number of carbonyl (C=O) groups is 1. The lowest BCUT2D eigenvalue weighted by Crippen LogP contribution is -2.42. The first-order valence-electron chi connectivity index (χ1n) is 9.18. The molecule has 1 aliphatic heterocycles. The normalized spacial score (nSPS) is 22.2. The zero-order chi connectivity index (χ0) is 16.2. The van der Waals surface area contributed by atoms with Gasteiger partial charge in [0, 0.05) is 19.5 Å². The van der Waals surface area contributed by atoms with Crippen molar-refractivity contribution in [2.45, 2.75) is 51.5 Å². The summed E-state index contributed by atoms with van der Waals surface area (Å²) in [6.45, 7) is 4.48. The molecule has 0 saturated carbocycles. The van der Waals surface area contributed by atoms with E-state index in [0.29, 0.717) is 30.2 Å². The van der Waals surface area contributed by atoms with Crippen LogP contribution in [0.4, 0.5) is 0 Å². The fraction of sp³-hybridized carbons (Fsp3) is 0.650. The smallest absolute Gasteiger partial charge is 0.222 e. The van der Waals surface area contributed by atoms with Crippen LogP contribution in [0.25, 0.3) is 0 Å². The van der Waals surface area contributed by atoms with Crippen LogP contribution in [0.1, 0.15) is 43.7 Å². The molecule has 0 aromatic heterocycles. The third-order valence-corrected chi connectivity index (χ3v) is 5.95. The second-order valence-corrected chi connectivity index (χ2v) is 7.44. The molecule has 1 aliphatic carbocycles. The molecule has 2 unspecified atom stereocenters. The van der Waals surface area contributed by atoms with Gasteiger partial charge in [-0.05, 0) is 68.2 Å². The fourth-order valence-corrected chi connectivity index (χ4v) is 4.21. The molecule has 134 valence electrons. The van der Waals surface area contributed by atoms with Gasteiger partial charge < -0.3 is 10.2 Å². The second-order valence-electron chi connectivity index (χ2n) is 7.44. The molecule has 1 saturated heterocycles. The number of nitrogens with zero attached hydrogens (tertiary/aromatic N) is 1. The van der Waals surface area contributed by atoms with Crippen LogP contribution in [0, 0.1) is 11.8 Å². The van der Waals surface area contributed by atoms with Gasteiger partial charge in [0.25, 0.3) is 0 Å². The predicted octanol–water partition coefficient (Wildman–Crippen LogP) is 3.45. The Balaban J connectivity index is 0.00000208. The minimum absolute atomic E-state index is 0. The standard InChI is InChI=1S/C20H30N2O.ClH/c1-15(16-9-11-21-12-10-16)13-20(23)22(2)19-8-7-17-5-3-4-6-18(17)14-19;/h3-6,15-16,19,21H,7-14H2,1-2H3;1H. The number of hydrogen-bond acceptors (Lipinski definition) is 2. The highest BCUT2D eigenvalue weighted by atomic mass is 35.5. The summed E-state index contributed by atoms with van der Waals surface area (Å²) in [6.07, 6.45) is 6.35. The maximum absolute atomic E-state index is 12.7. The van der Waals surface area contributed by atoms with Crippen molar-refractivity contribution in [1.82, 2.24) is 10.2 Å². The molecule has 1 heterocycles. The summed E-state index contributed by atoms with van der Waals surface area (Å²) in [4.78, 5) is 14.8. The van der Waals surface area contributed by atoms with Gasteiger partial charge in [-0.15, -0.1) is 12.4 Å². The van der Waals surface area contributed by atoms with Crippen molar-refractivity contribution in [3.63, 3.8) is 0 Å². The van der Waals surface area contributed by atoms with Crippen LogP contribution in [0.5, 0.6) is 0 Å². The SMILES string of the molecule is CC(CC(=O)N(C)C1CCc2ccccc2C1)C1CCNCC1.Cl. The molecule has 2 atom stereocenters. The summed E-state index contributed by atoms with van der Waals surface area (Å²) in [5.41, 5.74) is 2.89. The maximum atomic E-state index is 12.7. The van der Waals surface area contributed by atoms with E-state index in [4.69, 9.17) is 0 Å². The molecule has 2 aliphatic rings. The highest BCUT2D eigenvalue weighted by molar-refractivity contribution is 5.85. The molecule has 3 rings (SSSR count). The van der Waals surface area contributed by atoms with Gasteiger partial charge >= 0.3 is 0 Å². The summed E-state index contributed by atoms with van der Waals surface area (Å²) in [5, 5.41) is 3.41. The Hall–Kier alpha value is -1.06. The molecular weight excluding hydrogens is 320 g/mol. The third kappa shape index (κ3) is 4.52. The van der Waals surface area contributed by atoms with E-state index in [1.807, 2.05) is 11.9 Å². The number of aryl methyl sites for hydroxylation is 1. The number of carbonyl (C=O) groups excluding carboxylic acids is 1. The summed E-state index contributed by atoms with van der Waals surface area (Å²) < 4.78 is 0. The Kier molecular flexibility index (Phi) is 7.12. The molecule has 1 aromatic rings.